The summed E-state index contributed by atoms with van der Waals surface area (Å²) in [6, 6.07) is 8.62. The van der Waals surface area contributed by atoms with Crippen LogP contribution in [0, 0.1) is 0 Å². The summed E-state index contributed by atoms with van der Waals surface area (Å²) in [6.07, 6.45) is 7.91. The van der Waals surface area contributed by atoms with Gasteiger partial charge < -0.3 is 29.0 Å². The molecule has 2 unspecified atom stereocenters. The molecule has 2 aromatic carbocycles. The normalized spacial score (nSPS) is 20.1. The molecule has 60 heavy (non-hydrogen) atoms. The van der Waals surface area contributed by atoms with Crippen LogP contribution < -0.4 is 4.90 Å². The van der Waals surface area contributed by atoms with Crippen molar-refractivity contribution in [2.45, 2.75) is 79.4 Å². The molecule has 334 valence electrons. The molecular weight excluding hydrogens is 845 g/mol. The van der Waals surface area contributed by atoms with Crippen molar-refractivity contribution in [3.63, 3.8) is 0 Å². The maximum absolute atomic E-state index is 12.4. The average Bonchev–Trinajstić information content (AvgIpc) is 3.53. The number of nitrogens with zero attached hydrogens (tertiary/aromatic N) is 2. The average molecular weight is 902 g/mol. The largest absolute Gasteiger partial charge is 0.481 e. The van der Waals surface area contributed by atoms with Crippen molar-refractivity contribution in [3.05, 3.63) is 71.5 Å². The first-order valence-electron chi connectivity index (χ1n) is 19.5. The van der Waals surface area contributed by atoms with Crippen LogP contribution in [0.1, 0.15) is 69.9 Å². The van der Waals surface area contributed by atoms with Gasteiger partial charge in [-0.1, -0.05) is 12.5 Å². The Morgan fingerprint density at radius 2 is 1.33 bits per heavy atom. The van der Waals surface area contributed by atoms with Crippen LogP contribution in [0.5, 0.6) is 0 Å². The molecule has 0 saturated carbocycles. The van der Waals surface area contributed by atoms with E-state index >= 15 is 0 Å². The minimum Gasteiger partial charge on any atom is -0.481 e. The van der Waals surface area contributed by atoms with Gasteiger partial charge in [0.15, 0.2) is 5.71 Å². The van der Waals surface area contributed by atoms with Crippen LogP contribution in [0.25, 0.3) is 0 Å². The van der Waals surface area contributed by atoms with Gasteiger partial charge in [0.1, 0.15) is 6.54 Å². The lowest BCUT2D eigenvalue weighted by Crippen LogP contribution is -2.33. The van der Waals surface area contributed by atoms with Gasteiger partial charge in [0, 0.05) is 81.3 Å². The molecule has 2 atom stereocenters. The fourth-order valence-electron chi connectivity index (χ4n) is 7.79. The Kier molecular flexibility index (Phi) is 17.2. The first kappa shape index (κ1) is 49.1. The number of methoxy groups -OCH3 is 2. The van der Waals surface area contributed by atoms with Crippen LogP contribution in [0.15, 0.2) is 70.1 Å². The number of anilines is 1. The highest BCUT2D eigenvalue weighted by Crippen LogP contribution is 2.51. The van der Waals surface area contributed by atoms with Crippen LogP contribution in [-0.2, 0) is 64.9 Å². The van der Waals surface area contributed by atoms with Crippen molar-refractivity contribution in [3.8, 4) is 0 Å². The number of rotatable bonds is 26. The number of allylic oxidation sites excluding steroid dienone is 4. The van der Waals surface area contributed by atoms with Crippen molar-refractivity contribution in [1.82, 2.24) is 0 Å². The van der Waals surface area contributed by atoms with Crippen molar-refractivity contribution >= 4 is 53.4 Å². The summed E-state index contributed by atoms with van der Waals surface area (Å²) in [5.74, 6) is -1.43. The van der Waals surface area contributed by atoms with Gasteiger partial charge in [0.2, 0.25) is 5.69 Å². The summed E-state index contributed by atoms with van der Waals surface area (Å²) >= 11 is 0. The number of carbonyl (C=O) groups is 1. The molecule has 17 nitrogen and oxygen atoms in total. The maximum atomic E-state index is 12.4. The second-order valence-electron chi connectivity index (χ2n) is 15.1. The van der Waals surface area contributed by atoms with Crippen molar-refractivity contribution < 1.29 is 72.3 Å². The first-order valence-corrected chi connectivity index (χ1v) is 24.0. The highest BCUT2D eigenvalue weighted by atomic mass is 32.2. The Morgan fingerprint density at radius 3 is 1.90 bits per heavy atom. The van der Waals surface area contributed by atoms with Crippen LogP contribution in [-0.4, -0.2) is 133 Å². The smallest absolute Gasteiger partial charge is 0.303 e. The van der Waals surface area contributed by atoms with E-state index in [1.807, 2.05) is 35.5 Å². The monoisotopic (exact) mass is 901 g/mol. The molecule has 0 aliphatic carbocycles. The zero-order valence-corrected chi connectivity index (χ0v) is 36.9. The summed E-state index contributed by atoms with van der Waals surface area (Å²) in [7, 11) is -10.4. The summed E-state index contributed by atoms with van der Waals surface area (Å²) in [5, 5.41) is 9.20. The maximum Gasteiger partial charge on any atom is 0.303 e. The second-order valence-corrected chi connectivity index (χ2v) is 19.5. The molecular formula is C40H57N2O15S3+. The summed E-state index contributed by atoms with van der Waals surface area (Å²) in [5.41, 5.74) is 1.99. The number of unbranched alkanes of at least 4 members (excludes halogenated alkanes) is 2. The number of carboxylic acid groups (broad SMARTS) is 1. The number of aliphatic carboxylic acids is 1. The van der Waals surface area contributed by atoms with E-state index in [2.05, 4.69) is 0 Å². The number of fused-ring (bicyclic) bond motifs is 2. The molecule has 0 spiro atoms. The quantitative estimate of drug-likeness (QED) is 0.0564. The van der Waals surface area contributed by atoms with Gasteiger partial charge in [0.05, 0.1) is 47.4 Å². The van der Waals surface area contributed by atoms with Gasteiger partial charge in [-0.15, -0.1) is 0 Å². The van der Waals surface area contributed by atoms with Crippen LogP contribution in [0.3, 0.4) is 0 Å². The molecule has 2 heterocycles. The number of benzene rings is 2. The molecule has 0 bridgehead atoms. The molecule has 20 heteroatoms. The predicted octanol–water partition coefficient (Wildman–Crippen LogP) is 4.78. The summed E-state index contributed by atoms with van der Waals surface area (Å²) in [6.45, 7) is 6.17. The Balaban J connectivity index is 1.90. The molecule has 2 aliphatic rings. The third kappa shape index (κ3) is 12.5. The molecule has 0 aromatic heterocycles. The molecule has 0 saturated heterocycles. The zero-order chi connectivity index (χ0) is 44.4. The van der Waals surface area contributed by atoms with Crippen molar-refractivity contribution in [1.29, 1.82) is 0 Å². The predicted molar refractivity (Wildman–Crippen MR) is 223 cm³/mol. The lowest BCUT2D eigenvalue weighted by atomic mass is 9.76. The van der Waals surface area contributed by atoms with Crippen molar-refractivity contribution in [2.75, 3.05) is 77.6 Å². The fourth-order valence-corrected chi connectivity index (χ4v) is 9.30. The van der Waals surface area contributed by atoms with E-state index in [0.717, 1.165) is 5.70 Å². The van der Waals surface area contributed by atoms with Gasteiger partial charge in [-0.3, -0.25) is 18.5 Å². The van der Waals surface area contributed by atoms with Crippen molar-refractivity contribution in [2.24, 2.45) is 0 Å². The Bertz CT molecular complexity index is 2270. The molecule has 2 aromatic rings. The van der Waals surface area contributed by atoms with E-state index in [-0.39, 0.29) is 42.4 Å². The minimum absolute atomic E-state index is 0.0133. The van der Waals surface area contributed by atoms with E-state index in [4.69, 9.17) is 18.9 Å². The van der Waals surface area contributed by atoms with Gasteiger partial charge in [-0.05, 0) is 81.5 Å². The van der Waals surface area contributed by atoms with Crippen LogP contribution in [0.4, 0.5) is 11.4 Å². The molecule has 4 rings (SSSR count). The Hall–Kier alpha value is -3.57. The van der Waals surface area contributed by atoms with E-state index in [1.165, 1.54) is 24.3 Å². The van der Waals surface area contributed by atoms with E-state index in [1.54, 1.807) is 32.4 Å². The number of hydrogen-bond donors (Lipinski definition) is 4. The molecule has 0 fully saturated rings. The van der Waals surface area contributed by atoms with E-state index in [0.29, 0.717) is 93.3 Å². The van der Waals surface area contributed by atoms with E-state index < -0.39 is 52.9 Å². The topological polar surface area (TPSA) is 244 Å². The van der Waals surface area contributed by atoms with Gasteiger partial charge >= 0.3 is 5.97 Å². The molecule has 2 aliphatic heterocycles. The van der Waals surface area contributed by atoms with Crippen LogP contribution in [0.2, 0.25) is 0 Å². The molecule has 0 amide bonds. The number of carboxylic acids is 1. The standard InChI is InChI=1S/C40H56N2O15S3/c1-39(17-21-56-25-23-54-3)32-28-30(59(48,49)50)13-15-34(32)41(19-7-5-6-12-38(43)44)36(39)10-8-11-37-40(2,18-22-57-26-24-55-4)33-29-31(60(51,52)53)14-16-35(33)42(37)20-9-27-58(45,46)47/h8,10-11,13-16,28-29H,5-7,9,12,17-27H2,1-4H3,(H3-,43,44,45,46,47,48,49,50,51,52,53)/p+1. The SMILES string of the molecule is COCCOCCC1(C)C(=CC=CC2=[N+](CCCS(=O)(=O)O)c3ccc(S(=O)(=O)O)cc3C2(C)CCOCCOC)N(CCCCCC(=O)O)c2ccc(S(=O)(=O)O)cc21. The van der Waals surface area contributed by atoms with Gasteiger partial charge in [-0.25, -0.2) is 0 Å². The third-order valence-corrected chi connectivity index (χ3v) is 13.4. The van der Waals surface area contributed by atoms with Gasteiger partial charge in [0.25, 0.3) is 30.4 Å². The number of hydrogen-bond acceptors (Lipinski definition) is 12. The third-order valence-electron chi connectivity index (χ3n) is 10.9. The van der Waals surface area contributed by atoms with E-state index in [9.17, 15) is 48.8 Å². The lowest BCUT2D eigenvalue weighted by molar-refractivity contribution is -0.437. The zero-order valence-electron chi connectivity index (χ0n) is 34.4. The lowest BCUT2D eigenvalue weighted by Gasteiger charge is -2.30. The fraction of sp³-hybridized carbons (Fsp3) is 0.550. The first-order chi connectivity index (χ1) is 28.2. The number of ether oxygens (including phenoxy) is 4. The molecule has 4 N–H and O–H groups in total. The summed E-state index contributed by atoms with van der Waals surface area (Å²) < 4.78 is 127. The molecule has 0 radical (unpaired) electrons. The Morgan fingerprint density at radius 1 is 0.750 bits per heavy atom. The highest BCUT2D eigenvalue weighted by Gasteiger charge is 2.48. The second kappa shape index (κ2) is 21.0. The van der Waals surface area contributed by atoms with Gasteiger partial charge in [-0.2, -0.15) is 29.8 Å². The van der Waals surface area contributed by atoms with Crippen LogP contribution >= 0.6 is 0 Å². The summed E-state index contributed by atoms with van der Waals surface area (Å²) in [4.78, 5) is 12.7. The Labute approximate surface area is 352 Å². The minimum atomic E-state index is -4.61. The highest BCUT2D eigenvalue weighted by molar-refractivity contribution is 7.86.